The van der Waals surface area contributed by atoms with Crippen LogP contribution in [0.4, 0.5) is 0 Å². The van der Waals surface area contributed by atoms with E-state index >= 15 is 0 Å². The van der Waals surface area contributed by atoms with E-state index in [9.17, 15) is 10.2 Å². The maximum Gasteiger partial charge on any atom is 0.125 e. The third-order valence-electron chi connectivity index (χ3n) is 11.9. The van der Waals surface area contributed by atoms with E-state index < -0.39 is 11.2 Å². The van der Waals surface area contributed by atoms with Crippen LogP contribution in [-0.4, -0.2) is 21.4 Å². The molecule has 0 amide bonds. The summed E-state index contributed by atoms with van der Waals surface area (Å²) in [6.07, 6.45) is 47.2. The van der Waals surface area contributed by atoms with E-state index in [0.717, 1.165) is 38.5 Å². The summed E-state index contributed by atoms with van der Waals surface area (Å²) in [5.41, 5.74) is -1.98. The molecule has 2 nitrogen and oxygen atoms in total. The fourth-order valence-electron chi connectivity index (χ4n) is 8.38. The summed E-state index contributed by atoms with van der Waals surface area (Å²) in [4.78, 5) is 0. The molecule has 0 heterocycles. The molecule has 0 aromatic carbocycles. The Bertz CT molecular complexity index is 719. The fraction of sp³-hybridized carbons (Fsp3) is 0.960. The van der Waals surface area contributed by atoms with Gasteiger partial charge < -0.3 is 10.2 Å². The minimum absolute atomic E-state index is 0.454. The van der Waals surface area contributed by atoms with E-state index in [1.165, 1.54) is 205 Å². The highest BCUT2D eigenvalue weighted by Gasteiger charge is 2.30. The van der Waals surface area contributed by atoms with Crippen molar-refractivity contribution in [3.05, 3.63) is 0 Å². The summed E-state index contributed by atoms with van der Waals surface area (Å²) < 4.78 is 0. The summed E-state index contributed by atoms with van der Waals surface area (Å²) in [6, 6.07) is 0. The van der Waals surface area contributed by atoms with Gasteiger partial charge in [0.05, 0.1) is 0 Å². The zero-order valence-electron chi connectivity index (χ0n) is 36.9. The van der Waals surface area contributed by atoms with Gasteiger partial charge >= 0.3 is 0 Å². The molecule has 0 spiro atoms. The van der Waals surface area contributed by atoms with Crippen LogP contribution in [0.1, 0.15) is 286 Å². The second kappa shape index (κ2) is 37.4. The van der Waals surface area contributed by atoms with Crippen molar-refractivity contribution in [1.82, 2.24) is 0 Å². The highest BCUT2D eigenvalue weighted by atomic mass is 16.3. The molecule has 0 aromatic heterocycles. The molecular weight excluding hydrogens is 633 g/mol. The first-order valence-electron chi connectivity index (χ1n) is 24.2. The van der Waals surface area contributed by atoms with Crippen molar-refractivity contribution in [2.24, 2.45) is 11.8 Å². The number of unbranched alkanes of at least 4 members (excludes halogenated alkanes) is 28. The average molecular weight is 731 g/mol. The summed E-state index contributed by atoms with van der Waals surface area (Å²) in [6.45, 7) is 13.8. The Labute approximate surface area is 329 Å². The average Bonchev–Trinajstić information content (AvgIpc) is 3.12. The number of aliphatic hydroxyl groups is 2. The van der Waals surface area contributed by atoms with Gasteiger partial charge in [-0.2, -0.15) is 0 Å². The lowest BCUT2D eigenvalue weighted by atomic mass is 9.81. The van der Waals surface area contributed by atoms with Crippen molar-refractivity contribution in [2.45, 2.75) is 297 Å². The van der Waals surface area contributed by atoms with Crippen LogP contribution in [0.25, 0.3) is 0 Å². The molecule has 0 aliphatic heterocycles. The molecule has 2 heteroatoms. The molecule has 0 saturated carbocycles. The van der Waals surface area contributed by atoms with E-state index in [1.807, 2.05) is 0 Å². The summed E-state index contributed by atoms with van der Waals surface area (Å²) in [5, 5.41) is 24.4. The third-order valence-corrected chi connectivity index (χ3v) is 11.9. The van der Waals surface area contributed by atoms with Crippen molar-refractivity contribution in [2.75, 3.05) is 0 Å². The van der Waals surface area contributed by atoms with Gasteiger partial charge in [0.1, 0.15) is 11.2 Å². The quantitative estimate of drug-likeness (QED) is 0.0487. The van der Waals surface area contributed by atoms with E-state index in [-0.39, 0.29) is 0 Å². The predicted octanol–water partition coefficient (Wildman–Crippen LogP) is 16.6. The van der Waals surface area contributed by atoms with Gasteiger partial charge in [-0.05, 0) is 50.4 Å². The minimum Gasteiger partial charge on any atom is -0.378 e. The standard InChI is InChI=1S/C50H98O2/c1-7-11-15-19-23-27-31-35-39-47(5)45-49(51,41-37-33-29-25-21-17-13-9-3)43-44-50(52,42-38-34-30-26-22-18-14-10-4)46-48(6)40-36-32-28-24-20-16-12-8-2/h47-48,51-52H,7-42,45-46H2,1-6H3. The highest BCUT2D eigenvalue weighted by Crippen LogP contribution is 2.30. The van der Waals surface area contributed by atoms with Crippen LogP contribution in [0.15, 0.2) is 0 Å². The Morgan fingerprint density at radius 3 is 0.788 bits per heavy atom. The second-order valence-electron chi connectivity index (χ2n) is 17.9. The summed E-state index contributed by atoms with van der Waals surface area (Å²) in [7, 11) is 0. The van der Waals surface area contributed by atoms with Crippen LogP contribution in [-0.2, 0) is 0 Å². The third kappa shape index (κ3) is 34.0. The molecule has 0 rings (SSSR count). The lowest BCUT2D eigenvalue weighted by molar-refractivity contribution is 0.0508. The molecule has 0 aromatic rings. The summed E-state index contributed by atoms with van der Waals surface area (Å²) >= 11 is 0. The molecule has 52 heavy (non-hydrogen) atoms. The molecule has 0 aliphatic rings. The number of hydrogen-bond donors (Lipinski definition) is 2. The normalized spacial score (nSPS) is 15.2. The van der Waals surface area contributed by atoms with Crippen LogP contribution in [0.3, 0.4) is 0 Å². The van der Waals surface area contributed by atoms with Gasteiger partial charge in [0, 0.05) is 0 Å². The van der Waals surface area contributed by atoms with Gasteiger partial charge in [0.25, 0.3) is 0 Å². The van der Waals surface area contributed by atoms with Gasteiger partial charge in [-0.3, -0.25) is 0 Å². The van der Waals surface area contributed by atoms with Gasteiger partial charge in [-0.25, -0.2) is 0 Å². The molecule has 0 aliphatic carbocycles. The molecule has 2 N–H and O–H groups in total. The molecule has 4 unspecified atom stereocenters. The van der Waals surface area contributed by atoms with Crippen LogP contribution < -0.4 is 0 Å². The maximum atomic E-state index is 12.2. The smallest absolute Gasteiger partial charge is 0.125 e. The van der Waals surface area contributed by atoms with E-state index in [1.54, 1.807) is 0 Å². The van der Waals surface area contributed by atoms with Gasteiger partial charge in [0.15, 0.2) is 0 Å². The Hall–Kier alpha value is -0.520. The predicted molar refractivity (Wildman–Crippen MR) is 234 cm³/mol. The van der Waals surface area contributed by atoms with Crippen LogP contribution >= 0.6 is 0 Å². The lowest BCUT2D eigenvalue weighted by Crippen LogP contribution is -2.33. The van der Waals surface area contributed by atoms with Crippen LogP contribution in [0, 0.1) is 23.7 Å². The van der Waals surface area contributed by atoms with Crippen molar-refractivity contribution in [1.29, 1.82) is 0 Å². The van der Waals surface area contributed by atoms with Crippen LogP contribution in [0.5, 0.6) is 0 Å². The number of hydrogen-bond acceptors (Lipinski definition) is 2. The molecule has 0 fully saturated rings. The second-order valence-corrected chi connectivity index (χ2v) is 17.9. The van der Waals surface area contributed by atoms with E-state index in [2.05, 4.69) is 53.4 Å². The Morgan fingerprint density at radius 1 is 0.327 bits per heavy atom. The molecule has 310 valence electrons. The Balaban J connectivity index is 5.46. The first-order valence-corrected chi connectivity index (χ1v) is 24.2. The SMILES string of the molecule is CCCCCCCCCCC(C)CC(O)(C#CC(O)(CCCCCCCCCC)CC(C)CCCCCCCCCC)CCCCCCCCCC. The van der Waals surface area contributed by atoms with Gasteiger partial charge in [-0.1, -0.05) is 259 Å². The largest absolute Gasteiger partial charge is 0.378 e. The lowest BCUT2D eigenvalue weighted by Gasteiger charge is -2.29. The molecule has 0 bridgehead atoms. The van der Waals surface area contributed by atoms with Crippen LogP contribution in [0.2, 0.25) is 0 Å². The monoisotopic (exact) mass is 731 g/mol. The molecular formula is C50H98O2. The highest BCUT2D eigenvalue weighted by molar-refractivity contribution is 5.21. The van der Waals surface area contributed by atoms with Crippen molar-refractivity contribution >= 4 is 0 Å². The number of rotatable bonds is 40. The fourth-order valence-corrected chi connectivity index (χ4v) is 8.38. The van der Waals surface area contributed by atoms with Crippen molar-refractivity contribution < 1.29 is 10.2 Å². The first-order chi connectivity index (χ1) is 25.2. The first kappa shape index (κ1) is 51.5. The Morgan fingerprint density at radius 2 is 0.538 bits per heavy atom. The van der Waals surface area contributed by atoms with E-state index in [0.29, 0.717) is 11.8 Å². The van der Waals surface area contributed by atoms with Gasteiger partial charge in [-0.15, -0.1) is 0 Å². The maximum absolute atomic E-state index is 12.2. The summed E-state index contributed by atoms with van der Waals surface area (Å²) in [5.74, 6) is 7.81. The minimum atomic E-state index is -0.990. The van der Waals surface area contributed by atoms with Crippen molar-refractivity contribution in [3.63, 3.8) is 0 Å². The zero-order valence-corrected chi connectivity index (χ0v) is 36.9. The topological polar surface area (TPSA) is 40.5 Å². The molecule has 0 saturated heterocycles. The van der Waals surface area contributed by atoms with E-state index in [4.69, 9.17) is 0 Å². The molecule has 4 atom stereocenters. The Kier molecular flexibility index (Phi) is 37.0. The zero-order chi connectivity index (χ0) is 38.4. The van der Waals surface area contributed by atoms with Gasteiger partial charge in [0.2, 0.25) is 0 Å². The van der Waals surface area contributed by atoms with Crippen molar-refractivity contribution in [3.8, 4) is 11.8 Å². The molecule has 0 radical (unpaired) electrons.